The first-order chi connectivity index (χ1) is 12.0. The molecule has 2 aromatic rings. The Labute approximate surface area is 159 Å². The van der Waals surface area contributed by atoms with Crippen molar-refractivity contribution in [2.45, 2.75) is 11.3 Å². The SMILES string of the molecule is COC(=O)c1ccc(S(=O)(=O)N(CCN)CCc2ccccc2)cn1.Cl. The monoisotopic (exact) mass is 399 g/mol. The van der Waals surface area contributed by atoms with Crippen LogP contribution in [-0.2, 0) is 21.2 Å². The molecule has 0 aliphatic carbocycles. The second kappa shape index (κ2) is 10.2. The van der Waals surface area contributed by atoms with Crippen LogP contribution in [0, 0.1) is 0 Å². The maximum atomic E-state index is 12.8. The van der Waals surface area contributed by atoms with Gasteiger partial charge in [0, 0.05) is 25.8 Å². The minimum atomic E-state index is -3.74. The van der Waals surface area contributed by atoms with E-state index in [1.165, 1.54) is 23.5 Å². The fourth-order valence-electron chi connectivity index (χ4n) is 2.30. The number of benzene rings is 1. The first-order valence-electron chi connectivity index (χ1n) is 7.77. The molecule has 142 valence electrons. The van der Waals surface area contributed by atoms with Crippen LogP contribution in [-0.4, -0.2) is 50.4 Å². The number of nitrogens with zero attached hydrogens (tertiary/aromatic N) is 2. The molecule has 9 heteroatoms. The molecule has 0 amide bonds. The lowest BCUT2D eigenvalue weighted by atomic mass is 10.1. The quantitative estimate of drug-likeness (QED) is 0.674. The number of nitrogens with two attached hydrogens (primary N) is 1. The van der Waals surface area contributed by atoms with Gasteiger partial charge in [-0.3, -0.25) is 0 Å². The molecule has 1 aromatic heterocycles. The lowest BCUT2D eigenvalue weighted by molar-refractivity contribution is 0.0594. The summed E-state index contributed by atoms with van der Waals surface area (Å²) in [7, 11) is -2.51. The number of pyridine rings is 1. The molecule has 0 radical (unpaired) electrons. The number of halogens is 1. The molecular weight excluding hydrogens is 378 g/mol. The predicted molar refractivity (Wildman–Crippen MR) is 101 cm³/mol. The number of ether oxygens (including phenoxy) is 1. The summed E-state index contributed by atoms with van der Waals surface area (Å²) in [4.78, 5) is 15.3. The summed E-state index contributed by atoms with van der Waals surface area (Å²) in [5, 5.41) is 0. The Morgan fingerprint density at radius 2 is 1.85 bits per heavy atom. The van der Waals surface area contributed by atoms with E-state index in [1.807, 2.05) is 30.3 Å². The van der Waals surface area contributed by atoms with E-state index in [2.05, 4.69) is 9.72 Å². The molecular formula is C17H22ClN3O4S. The van der Waals surface area contributed by atoms with Crippen molar-refractivity contribution in [2.24, 2.45) is 5.73 Å². The highest BCUT2D eigenvalue weighted by molar-refractivity contribution is 7.89. The van der Waals surface area contributed by atoms with Crippen molar-refractivity contribution in [3.8, 4) is 0 Å². The molecule has 0 unspecified atom stereocenters. The first-order valence-corrected chi connectivity index (χ1v) is 9.21. The first kappa shape index (κ1) is 22.0. The fourth-order valence-corrected chi connectivity index (χ4v) is 3.70. The molecule has 0 bridgehead atoms. The van der Waals surface area contributed by atoms with Crippen LogP contribution < -0.4 is 5.73 Å². The van der Waals surface area contributed by atoms with Crippen molar-refractivity contribution < 1.29 is 17.9 Å². The lowest BCUT2D eigenvalue weighted by Gasteiger charge is -2.21. The zero-order valence-electron chi connectivity index (χ0n) is 14.4. The van der Waals surface area contributed by atoms with Crippen molar-refractivity contribution in [3.05, 3.63) is 59.9 Å². The number of carbonyl (C=O) groups is 1. The largest absolute Gasteiger partial charge is 0.464 e. The molecule has 0 fully saturated rings. The molecule has 0 aliphatic heterocycles. The van der Waals surface area contributed by atoms with Crippen molar-refractivity contribution in [1.29, 1.82) is 0 Å². The maximum Gasteiger partial charge on any atom is 0.356 e. The molecule has 1 heterocycles. The summed E-state index contributed by atoms with van der Waals surface area (Å²) in [5.41, 5.74) is 6.66. The van der Waals surface area contributed by atoms with Gasteiger partial charge in [0.25, 0.3) is 0 Å². The molecule has 2 rings (SSSR count). The Hall–Kier alpha value is -2.00. The topological polar surface area (TPSA) is 103 Å². The second-order valence-corrected chi connectivity index (χ2v) is 7.24. The zero-order valence-corrected chi connectivity index (χ0v) is 16.0. The lowest BCUT2D eigenvalue weighted by Crippen LogP contribution is -2.37. The van der Waals surface area contributed by atoms with Gasteiger partial charge in [-0.2, -0.15) is 4.31 Å². The molecule has 0 aliphatic rings. The van der Waals surface area contributed by atoms with E-state index in [9.17, 15) is 13.2 Å². The minimum absolute atomic E-state index is 0. The molecule has 0 atom stereocenters. The number of rotatable bonds is 8. The van der Waals surface area contributed by atoms with E-state index in [0.717, 1.165) is 11.8 Å². The highest BCUT2D eigenvalue weighted by atomic mass is 35.5. The number of aromatic nitrogens is 1. The molecule has 0 saturated carbocycles. The number of sulfonamides is 1. The Morgan fingerprint density at radius 3 is 2.38 bits per heavy atom. The van der Waals surface area contributed by atoms with Gasteiger partial charge in [0.15, 0.2) is 0 Å². The van der Waals surface area contributed by atoms with Gasteiger partial charge in [-0.1, -0.05) is 30.3 Å². The Morgan fingerprint density at radius 1 is 1.15 bits per heavy atom. The van der Waals surface area contributed by atoms with Crippen LogP contribution in [0.15, 0.2) is 53.6 Å². The van der Waals surface area contributed by atoms with E-state index in [4.69, 9.17) is 5.73 Å². The van der Waals surface area contributed by atoms with Gasteiger partial charge in [-0.05, 0) is 24.1 Å². The van der Waals surface area contributed by atoms with E-state index >= 15 is 0 Å². The Kier molecular flexibility index (Phi) is 8.67. The van der Waals surface area contributed by atoms with Gasteiger partial charge >= 0.3 is 5.97 Å². The van der Waals surface area contributed by atoms with Gasteiger partial charge < -0.3 is 10.5 Å². The highest BCUT2D eigenvalue weighted by Crippen LogP contribution is 2.16. The normalized spacial score (nSPS) is 11.0. The Balaban J connectivity index is 0.00000338. The average molecular weight is 400 g/mol. The summed E-state index contributed by atoms with van der Waals surface area (Å²) < 4.78 is 31.5. The minimum Gasteiger partial charge on any atom is -0.464 e. The smallest absolute Gasteiger partial charge is 0.356 e. The Bertz CT molecular complexity index is 799. The van der Waals surface area contributed by atoms with Crippen LogP contribution >= 0.6 is 12.4 Å². The second-order valence-electron chi connectivity index (χ2n) is 5.30. The number of carbonyl (C=O) groups excluding carboxylic acids is 1. The summed E-state index contributed by atoms with van der Waals surface area (Å²) in [5.74, 6) is -0.619. The van der Waals surface area contributed by atoms with Gasteiger partial charge in [-0.25, -0.2) is 18.2 Å². The molecule has 2 N–H and O–H groups in total. The van der Waals surface area contributed by atoms with Crippen molar-refractivity contribution in [1.82, 2.24) is 9.29 Å². The number of methoxy groups -OCH3 is 1. The highest BCUT2D eigenvalue weighted by Gasteiger charge is 2.24. The molecule has 26 heavy (non-hydrogen) atoms. The van der Waals surface area contributed by atoms with Gasteiger partial charge in [0.2, 0.25) is 10.0 Å². The van der Waals surface area contributed by atoms with Crippen LogP contribution in [0.4, 0.5) is 0 Å². The number of hydrogen-bond acceptors (Lipinski definition) is 6. The third-order valence-corrected chi connectivity index (χ3v) is 5.52. The number of hydrogen-bond donors (Lipinski definition) is 1. The zero-order chi connectivity index (χ0) is 18.3. The van der Waals surface area contributed by atoms with Gasteiger partial charge in [0.1, 0.15) is 10.6 Å². The van der Waals surface area contributed by atoms with Crippen LogP contribution in [0.3, 0.4) is 0 Å². The summed E-state index contributed by atoms with van der Waals surface area (Å²) >= 11 is 0. The van der Waals surface area contributed by atoms with Crippen LogP contribution in [0.25, 0.3) is 0 Å². The third-order valence-electron chi connectivity index (χ3n) is 3.64. The predicted octanol–water partition coefficient (Wildman–Crippen LogP) is 1.48. The van der Waals surface area contributed by atoms with Gasteiger partial charge in [-0.15, -0.1) is 12.4 Å². The van der Waals surface area contributed by atoms with Crippen LogP contribution in [0.1, 0.15) is 16.1 Å². The molecule has 1 aromatic carbocycles. The van der Waals surface area contributed by atoms with Crippen molar-refractivity contribution >= 4 is 28.4 Å². The molecule has 7 nitrogen and oxygen atoms in total. The number of esters is 1. The van der Waals surface area contributed by atoms with E-state index in [0.29, 0.717) is 13.0 Å². The molecule has 0 saturated heterocycles. The third kappa shape index (κ3) is 5.50. The fraction of sp³-hybridized carbons (Fsp3) is 0.294. The summed E-state index contributed by atoms with van der Waals surface area (Å²) in [6.07, 6.45) is 1.74. The standard InChI is InChI=1S/C17H21N3O4S.ClH/c1-24-17(21)16-8-7-15(13-19-16)25(22,23)20(12-10-18)11-9-14-5-3-2-4-6-14;/h2-8,13H,9-12,18H2,1H3;1H. The van der Waals surface area contributed by atoms with Gasteiger partial charge in [0.05, 0.1) is 7.11 Å². The summed E-state index contributed by atoms with van der Waals surface area (Å²) in [6.45, 7) is 0.720. The molecule has 0 spiro atoms. The van der Waals surface area contributed by atoms with Crippen molar-refractivity contribution in [2.75, 3.05) is 26.7 Å². The van der Waals surface area contributed by atoms with Crippen LogP contribution in [0.2, 0.25) is 0 Å². The summed E-state index contributed by atoms with van der Waals surface area (Å²) in [6, 6.07) is 12.3. The maximum absolute atomic E-state index is 12.8. The van der Waals surface area contributed by atoms with Crippen LogP contribution in [0.5, 0.6) is 0 Å². The average Bonchev–Trinajstić information content (AvgIpc) is 2.65. The van der Waals surface area contributed by atoms with E-state index in [1.54, 1.807) is 0 Å². The van der Waals surface area contributed by atoms with E-state index < -0.39 is 16.0 Å². The van der Waals surface area contributed by atoms with E-state index in [-0.39, 0.29) is 36.1 Å². The van der Waals surface area contributed by atoms with Crippen molar-refractivity contribution in [3.63, 3.8) is 0 Å².